The lowest BCUT2D eigenvalue weighted by atomic mass is 9.74. The zero-order valence-corrected chi connectivity index (χ0v) is 18.9. The van der Waals surface area contributed by atoms with Crippen LogP contribution < -0.4 is 0 Å². The fourth-order valence-electron chi connectivity index (χ4n) is 5.02. The monoisotopic (exact) mass is 430 g/mol. The molecule has 0 N–H and O–H groups in total. The van der Waals surface area contributed by atoms with E-state index in [-0.39, 0.29) is 17.8 Å². The molecule has 0 spiro atoms. The van der Waals surface area contributed by atoms with Gasteiger partial charge in [-0.15, -0.1) is 0 Å². The molecular weight excluding hydrogens is 400 g/mol. The molecule has 0 atom stereocenters. The van der Waals surface area contributed by atoms with Gasteiger partial charge in [-0.25, -0.2) is 4.79 Å². The minimum Gasteiger partial charge on any atom is -0.465 e. The first-order valence-corrected chi connectivity index (χ1v) is 11.6. The SMILES string of the molecule is CCc1ccc(C(=O)OC)c(C2CCC2)c1C(=O)N1CCC(c2ccc(C#N)cc2)CC1. The number of esters is 1. The van der Waals surface area contributed by atoms with Gasteiger partial charge in [-0.3, -0.25) is 4.79 Å². The lowest BCUT2D eigenvalue weighted by molar-refractivity contribution is 0.0598. The Kier molecular flexibility index (Phi) is 6.60. The molecule has 1 saturated heterocycles. The van der Waals surface area contributed by atoms with Crippen LogP contribution >= 0.6 is 0 Å². The number of methoxy groups -OCH3 is 1. The highest BCUT2D eigenvalue weighted by Gasteiger charge is 2.34. The van der Waals surface area contributed by atoms with Crippen LogP contribution in [-0.4, -0.2) is 37.0 Å². The van der Waals surface area contributed by atoms with E-state index in [1.807, 2.05) is 41.3 Å². The van der Waals surface area contributed by atoms with Crippen LogP contribution in [0.1, 0.15) is 93.8 Å². The number of ether oxygens (including phenoxy) is 1. The number of carbonyl (C=O) groups is 2. The van der Waals surface area contributed by atoms with E-state index < -0.39 is 0 Å². The molecule has 0 radical (unpaired) electrons. The molecule has 1 saturated carbocycles. The van der Waals surface area contributed by atoms with E-state index in [4.69, 9.17) is 10.00 Å². The van der Waals surface area contributed by atoms with Crippen molar-refractivity contribution in [3.05, 3.63) is 69.8 Å². The molecule has 2 aliphatic rings. The first-order chi connectivity index (χ1) is 15.6. The molecule has 0 bridgehead atoms. The van der Waals surface area contributed by atoms with Crippen LogP contribution in [0.5, 0.6) is 0 Å². The lowest BCUT2D eigenvalue weighted by Gasteiger charge is -2.35. The van der Waals surface area contributed by atoms with Crippen molar-refractivity contribution in [2.24, 2.45) is 0 Å². The molecule has 2 fully saturated rings. The lowest BCUT2D eigenvalue weighted by Crippen LogP contribution is -2.39. The van der Waals surface area contributed by atoms with Gasteiger partial charge in [0.2, 0.25) is 0 Å². The summed E-state index contributed by atoms with van der Waals surface area (Å²) in [7, 11) is 1.40. The van der Waals surface area contributed by atoms with Gasteiger partial charge in [0.1, 0.15) is 0 Å². The fraction of sp³-hybridized carbons (Fsp3) is 0.444. The Bertz CT molecular complexity index is 1040. The molecule has 1 aliphatic carbocycles. The van der Waals surface area contributed by atoms with E-state index in [0.717, 1.165) is 55.2 Å². The Balaban J connectivity index is 1.59. The third-order valence-electron chi connectivity index (χ3n) is 7.14. The minimum atomic E-state index is -0.358. The zero-order chi connectivity index (χ0) is 22.7. The van der Waals surface area contributed by atoms with Gasteiger partial charge in [0.15, 0.2) is 0 Å². The van der Waals surface area contributed by atoms with E-state index in [1.54, 1.807) is 0 Å². The molecule has 1 aliphatic heterocycles. The average Bonchev–Trinajstić information content (AvgIpc) is 2.82. The number of carbonyl (C=O) groups excluding carboxylic acids is 2. The summed E-state index contributed by atoms with van der Waals surface area (Å²) < 4.78 is 5.05. The maximum Gasteiger partial charge on any atom is 0.338 e. The van der Waals surface area contributed by atoms with Gasteiger partial charge < -0.3 is 9.64 Å². The second-order valence-electron chi connectivity index (χ2n) is 8.83. The maximum absolute atomic E-state index is 13.8. The highest BCUT2D eigenvalue weighted by molar-refractivity contribution is 6.02. The van der Waals surface area contributed by atoms with Crippen molar-refractivity contribution in [2.75, 3.05) is 20.2 Å². The average molecular weight is 431 g/mol. The molecule has 0 aromatic heterocycles. The molecule has 166 valence electrons. The highest BCUT2D eigenvalue weighted by Crippen LogP contribution is 2.42. The van der Waals surface area contributed by atoms with Crippen molar-refractivity contribution in [1.29, 1.82) is 5.26 Å². The summed E-state index contributed by atoms with van der Waals surface area (Å²) in [6.07, 6.45) is 5.70. The van der Waals surface area contributed by atoms with Crippen LogP contribution in [0.15, 0.2) is 36.4 Å². The van der Waals surface area contributed by atoms with Crippen molar-refractivity contribution < 1.29 is 14.3 Å². The van der Waals surface area contributed by atoms with Gasteiger partial charge >= 0.3 is 5.97 Å². The van der Waals surface area contributed by atoms with Crippen molar-refractivity contribution >= 4 is 11.9 Å². The number of aryl methyl sites for hydroxylation is 1. The molecule has 2 aromatic carbocycles. The minimum absolute atomic E-state index is 0.0489. The molecule has 32 heavy (non-hydrogen) atoms. The molecule has 1 amide bonds. The second kappa shape index (κ2) is 9.56. The van der Waals surface area contributed by atoms with E-state index in [9.17, 15) is 9.59 Å². The molecule has 4 rings (SSSR count). The van der Waals surface area contributed by atoms with Crippen molar-refractivity contribution in [1.82, 2.24) is 4.90 Å². The van der Waals surface area contributed by atoms with Crippen molar-refractivity contribution in [3.63, 3.8) is 0 Å². The van der Waals surface area contributed by atoms with Crippen LogP contribution in [-0.2, 0) is 11.2 Å². The number of piperidine rings is 1. The van der Waals surface area contributed by atoms with E-state index in [0.29, 0.717) is 30.1 Å². The number of nitriles is 1. The van der Waals surface area contributed by atoms with Crippen molar-refractivity contribution in [3.8, 4) is 6.07 Å². The zero-order valence-electron chi connectivity index (χ0n) is 18.9. The third-order valence-corrected chi connectivity index (χ3v) is 7.14. The Morgan fingerprint density at radius 2 is 1.72 bits per heavy atom. The number of hydrogen-bond donors (Lipinski definition) is 0. The maximum atomic E-state index is 13.8. The Morgan fingerprint density at radius 1 is 1.03 bits per heavy atom. The summed E-state index contributed by atoms with van der Waals surface area (Å²) >= 11 is 0. The topological polar surface area (TPSA) is 70.4 Å². The fourth-order valence-corrected chi connectivity index (χ4v) is 5.02. The van der Waals surface area contributed by atoms with E-state index >= 15 is 0 Å². The number of likely N-dealkylation sites (tertiary alicyclic amines) is 1. The Morgan fingerprint density at radius 3 is 2.25 bits per heavy atom. The van der Waals surface area contributed by atoms with Crippen LogP contribution in [0.25, 0.3) is 0 Å². The summed E-state index contributed by atoms with van der Waals surface area (Å²) in [5, 5.41) is 9.02. The van der Waals surface area contributed by atoms with Gasteiger partial charge in [0, 0.05) is 18.7 Å². The highest BCUT2D eigenvalue weighted by atomic mass is 16.5. The molecule has 5 heteroatoms. The summed E-state index contributed by atoms with van der Waals surface area (Å²) in [4.78, 5) is 28.2. The van der Waals surface area contributed by atoms with Gasteiger partial charge in [-0.1, -0.05) is 31.5 Å². The van der Waals surface area contributed by atoms with Gasteiger partial charge in [0.25, 0.3) is 5.91 Å². The quantitative estimate of drug-likeness (QED) is 0.612. The number of amides is 1. The molecule has 1 heterocycles. The van der Waals surface area contributed by atoms with Gasteiger partial charge in [-0.05, 0) is 78.8 Å². The Labute approximate surface area is 190 Å². The van der Waals surface area contributed by atoms with Crippen molar-refractivity contribution in [2.45, 2.75) is 57.3 Å². The molecule has 5 nitrogen and oxygen atoms in total. The van der Waals surface area contributed by atoms with E-state index in [1.165, 1.54) is 12.7 Å². The molecule has 2 aromatic rings. The summed E-state index contributed by atoms with van der Waals surface area (Å²) in [5.41, 5.74) is 5.10. The summed E-state index contributed by atoms with van der Waals surface area (Å²) in [5.74, 6) is 0.339. The second-order valence-corrected chi connectivity index (χ2v) is 8.83. The Hall–Kier alpha value is -3.13. The van der Waals surface area contributed by atoms with Crippen LogP contribution in [0.2, 0.25) is 0 Å². The summed E-state index contributed by atoms with van der Waals surface area (Å²) in [6, 6.07) is 13.7. The van der Waals surface area contributed by atoms with Crippen LogP contribution in [0.4, 0.5) is 0 Å². The largest absolute Gasteiger partial charge is 0.465 e. The van der Waals surface area contributed by atoms with Crippen LogP contribution in [0, 0.1) is 11.3 Å². The first-order valence-electron chi connectivity index (χ1n) is 11.6. The van der Waals surface area contributed by atoms with Gasteiger partial charge in [-0.2, -0.15) is 5.26 Å². The number of benzene rings is 2. The van der Waals surface area contributed by atoms with Crippen LogP contribution in [0.3, 0.4) is 0 Å². The predicted octanol–water partition coefficient (Wildman–Crippen LogP) is 5.19. The normalized spacial score (nSPS) is 16.8. The smallest absolute Gasteiger partial charge is 0.338 e. The van der Waals surface area contributed by atoms with Gasteiger partial charge in [0.05, 0.1) is 24.3 Å². The number of hydrogen-bond acceptors (Lipinski definition) is 4. The number of rotatable bonds is 5. The summed E-state index contributed by atoms with van der Waals surface area (Å²) in [6.45, 7) is 3.45. The number of nitrogens with zero attached hydrogens (tertiary/aromatic N) is 2. The molecule has 0 unspecified atom stereocenters. The molecular formula is C27H30N2O3. The standard InChI is InChI=1S/C27H30N2O3/c1-3-19-11-12-23(27(31)32-2)24(22-5-4-6-22)25(19)26(30)29-15-13-21(14-16-29)20-9-7-18(17-28)8-10-20/h7-12,21-22H,3-6,13-16H2,1-2H3. The van der Waals surface area contributed by atoms with E-state index in [2.05, 4.69) is 13.0 Å². The third kappa shape index (κ3) is 4.14. The first kappa shape index (κ1) is 22.1. The predicted molar refractivity (Wildman–Crippen MR) is 123 cm³/mol.